The van der Waals surface area contributed by atoms with Crippen LogP contribution in [-0.4, -0.2) is 42.0 Å². The van der Waals surface area contributed by atoms with E-state index < -0.39 is 17.2 Å². The first-order chi connectivity index (χ1) is 19.7. The molecule has 0 unspecified atom stereocenters. The van der Waals surface area contributed by atoms with E-state index in [2.05, 4.69) is 11.6 Å². The fourth-order valence-corrected chi connectivity index (χ4v) is 4.80. The summed E-state index contributed by atoms with van der Waals surface area (Å²) in [6, 6.07) is 8.99. The van der Waals surface area contributed by atoms with Gasteiger partial charge in [0.25, 0.3) is 11.5 Å². The van der Waals surface area contributed by atoms with Crippen molar-refractivity contribution in [2.75, 3.05) is 13.2 Å². The highest BCUT2D eigenvalue weighted by Crippen LogP contribution is 2.34. The Balaban J connectivity index is 1.74. The molecule has 1 saturated carbocycles. The average molecular weight is 566 g/mol. The molecule has 0 bridgehead atoms. The standard InChI is InChI=1S/C30H33F2N5O4/c1-4-30(31,32)22-12-10-20(11-13-22)17-36-24-26(37(19(2)3)29(40)35(28(24)39)15-6-16-38)34-25(36)23-7-5-14-33-27(23)41-18-21-8-9-21/h4-5,7,10-14,19,21,38H,1,6,8-9,15-18H2,2-3H3. The van der Waals surface area contributed by atoms with Crippen LogP contribution in [0.2, 0.25) is 0 Å². The molecule has 0 atom stereocenters. The van der Waals surface area contributed by atoms with Gasteiger partial charge < -0.3 is 14.4 Å². The summed E-state index contributed by atoms with van der Waals surface area (Å²) in [7, 11) is 0. The van der Waals surface area contributed by atoms with Gasteiger partial charge in [0, 0.05) is 37.5 Å². The fraction of sp³-hybridized carbons (Fsp3) is 0.400. The molecule has 0 aliphatic heterocycles. The molecule has 3 aromatic heterocycles. The number of fused-ring (bicyclic) bond motifs is 1. The predicted octanol–water partition coefficient (Wildman–Crippen LogP) is 4.50. The molecule has 216 valence electrons. The summed E-state index contributed by atoms with van der Waals surface area (Å²) in [5.74, 6) is -1.98. The molecule has 1 N–H and O–H groups in total. The van der Waals surface area contributed by atoms with Gasteiger partial charge in [0.05, 0.1) is 12.2 Å². The summed E-state index contributed by atoms with van der Waals surface area (Å²) in [6.45, 7) is 7.33. The van der Waals surface area contributed by atoms with Gasteiger partial charge in [0.1, 0.15) is 5.82 Å². The molecule has 11 heteroatoms. The molecule has 5 rings (SSSR count). The van der Waals surface area contributed by atoms with Crippen molar-refractivity contribution in [3.05, 3.63) is 87.2 Å². The Morgan fingerprint density at radius 3 is 2.54 bits per heavy atom. The van der Waals surface area contributed by atoms with Crippen LogP contribution in [0.1, 0.15) is 50.3 Å². The van der Waals surface area contributed by atoms with Crippen LogP contribution >= 0.6 is 0 Å². The van der Waals surface area contributed by atoms with E-state index in [-0.39, 0.29) is 48.9 Å². The van der Waals surface area contributed by atoms with Crippen molar-refractivity contribution in [2.45, 2.75) is 58.2 Å². The van der Waals surface area contributed by atoms with Crippen LogP contribution in [0, 0.1) is 5.92 Å². The lowest BCUT2D eigenvalue weighted by Gasteiger charge is -2.16. The molecule has 1 fully saturated rings. The van der Waals surface area contributed by atoms with Crippen LogP contribution in [0.3, 0.4) is 0 Å². The number of hydrogen-bond acceptors (Lipinski definition) is 6. The minimum atomic E-state index is -3.18. The average Bonchev–Trinajstić information content (AvgIpc) is 3.72. The van der Waals surface area contributed by atoms with Crippen LogP contribution in [0.15, 0.2) is 64.8 Å². The summed E-state index contributed by atoms with van der Waals surface area (Å²) in [6.07, 6.45) is 4.62. The maximum atomic E-state index is 14.2. The lowest BCUT2D eigenvalue weighted by molar-refractivity contribution is 0.0525. The summed E-state index contributed by atoms with van der Waals surface area (Å²) < 4.78 is 38.7. The monoisotopic (exact) mass is 565 g/mol. The summed E-state index contributed by atoms with van der Waals surface area (Å²) in [5, 5.41) is 9.40. The zero-order valence-electron chi connectivity index (χ0n) is 23.1. The van der Waals surface area contributed by atoms with Gasteiger partial charge in [-0.05, 0) is 62.8 Å². The van der Waals surface area contributed by atoms with E-state index in [1.165, 1.54) is 16.7 Å². The number of rotatable bonds is 12. The van der Waals surface area contributed by atoms with Crippen molar-refractivity contribution in [1.82, 2.24) is 23.7 Å². The van der Waals surface area contributed by atoms with Crippen LogP contribution in [0.4, 0.5) is 8.78 Å². The molecule has 0 amide bonds. The normalized spacial score (nSPS) is 13.7. The van der Waals surface area contributed by atoms with Crippen molar-refractivity contribution in [1.29, 1.82) is 0 Å². The molecule has 0 spiro atoms. The fourth-order valence-electron chi connectivity index (χ4n) is 4.80. The van der Waals surface area contributed by atoms with Gasteiger partial charge >= 0.3 is 5.69 Å². The molecule has 41 heavy (non-hydrogen) atoms. The highest BCUT2D eigenvalue weighted by molar-refractivity contribution is 5.78. The first-order valence-electron chi connectivity index (χ1n) is 13.7. The van der Waals surface area contributed by atoms with Gasteiger partial charge in [0.15, 0.2) is 11.2 Å². The smallest absolute Gasteiger partial charge is 0.332 e. The van der Waals surface area contributed by atoms with E-state index in [0.29, 0.717) is 41.4 Å². The van der Waals surface area contributed by atoms with Crippen molar-refractivity contribution in [3.63, 3.8) is 0 Å². The second-order valence-electron chi connectivity index (χ2n) is 10.6. The zero-order valence-corrected chi connectivity index (χ0v) is 23.1. The number of allylic oxidation sites excluding steroid dienone is 1. The molecule has 0 radical (unpaired) electrons. The van der Waals surface area contributed by atoms with E-state index in [1.54, 1.807) is 35.0 Å². The number of pyridine rings is 1. The summed E-state index contributed by atoms with van der Waals surface area (Å²) >= 11 is 0. The van der Waals surface area contributed by atoms with Gasteiger partial charge in [-0.2, -0.15) is 8.78 Å². The number of aromatic nitrogens is 5. The molecule has 9 nitrogen and oxygen atoms in total. The first-order valence-corrected chi connectivity index (χ1v) is 13.7. The number of nitrogens with zero attached hydrogens (tertiary/aromatic N) is 5. The molecular weight excluding hydrogens is 532 g/mol. The Bertz CT molecular complexity index is 1680. The molecule has 3 heterocycles. The third kappa shape index (κ3) is 5.58. The van der Waals surface area contributed by atoms with E-state index >= 15 is 0 Å². The van der Waals surface area contributed by atoms with Crippen molar-refractivity contribution < 1.29 is 18.6 Å². The second kappa shape index (κ2) is 11.4. The Labute approximate surface area is 235 Å². The van der Waals surface area contributed by atoms with Crippen LogP contribution < -0.4 is 16.0 Å². The van der Waals surface area contributed by atoms with Crippen LogP contribution in [-0.2, 0) is 19.0 Å². The van der Waals surface area contributed by atoms with Crippen LogP contribution in [0.5, 0.6) is 5.88 Å². The van der Waals surface area contributed by atoms with Gasteiger partial charge in [-0.3, -0.25) is 13.9 Å². The van der Waals surface area contributed by atoms with Crippen molar-refractivity contribution in [3.8, 4) is 17.3 Å². The summed E-state index contributed by atoms with van der Waals surface area (Å²) in [4.78, 5) is 36.6. The maximum Gasteiger partial charge on any atom is 0.332 e. The highest BCUT2D eigenvalue weighted by atomic mass is 19.3. The van der Waals surface area contributed by atoms with Crippen molar-refractivity contribution in [2.24, 2.45) is 5.92 Å². The van der Waals surface area contributed by atoms with Gasteiger partial charge in [-0.15, -0.1) is 0 Å². The van der Waals surface area contributed by atoms with Crippen LogP contribution in [0.25, 0.3) is 22.6 Å². The van der Waals surface area contributed by atoms with Crippen molar-refractivity contribution >= 4 is 11.2 Å². The molecule has 1 aliphatic rings. The number of ether oxygens (including phenoxy) is 1. The SMILES string of the molecule is C=CC(F)(F)c1ccc(Cn2c(-c3cccnc3OCC3CC3)nc3c2c(=O)n(CCCO)c(=O)n3C(C)C)cc1. The van der Waals surface area contributed by atoms with E-state index in [9.17, 15) is 23.5 Å². The van der Waals surface area contributed by atoms with E-state index in [4.69, 9.17) is 9.72 Å². The highest BCUT2D eigenvalue weighted by Gasteiger charge is 2.28. The lowest BCUT2D eigenvalue weighted by Crippen LogP contribution is -2.41. The Morgan fingerprint density at radius 1 is 1.17 bits per heavy atom. The topological polar surface area (TPSA) is 104 Å². The second-order valence-corrected chi connectivity index (χ2v) is 10.6. The number of aliphatic hydroxyl groups is 1. The number of aliphatic hydroxyl groups excluding tert-OH is 1. The van der Waals surface area contributed by atoms with E-state index in [0.717, 1.165) is 17.4 Å². The van der Waals surface area contributed by atoms with E-state index in [1.807, 2.05) is 13.8 Å². The third-order valence-electron chi connectivity index (χ3n) is 7.22. The van der Waals surface area contributed by atoms with Gasteiger partial charge in [-0.25, -0.2) is 14.8 Å². The number of hydrogen-bond donors (Lipinski definition) is 1. The Morgan fingerprint density at radius 2 is 1.90 bits per heavy atom. The molecule has 1 aromatic carbocycles. The minimum Gasteiger partial charge on any atom is -0.477 e. The quantitative estimate of drug-likeness (QED) is 0.254. The molecule has 4 aromatic rings. The molecule has 0 saturated heterocycles. The molecule has 1 aliphatic carbocycles. The van der Waals surface area contributed by atoms with Gasteiger partial charge in [0.2, 0.25) is 5.88 Å². The zero-order chi connectivity index (χ0) is 29.3. The summed E-state index contributed by atoms with van der Waals surface area (Å²) in [5.41, 5.74) is 0.309. The first kappa shape index (κ1) is 28.4. The number of alkyl halides is 2. The number of imidazole rings is 1. The third-order valence-corrected chi connectivity index (χ3v) is 7.22. The lowest BCUT2D eigenvalue weighted by atomic mass is 10.1. The predicted molar refractivity (Wildman–Crippen MR) is 151 cm³/mol. The van der Waals surface area contributed by atoms with Gasteiger partial charge in [-0.1, -0.05) is 30.8 Å². The number of halogens is 2. The maximum absolute atomic E-state index is 14.2. The molecular formula is C30H33F2N5O4. The minimum absolute atomic E-state index is 0.0331. The Hall–Kier alpha value is -4.12. The largest absolute Gasteiger partial charge is 0.477 e. The Kier molecular flexibility index (Phi) is 7.90. The number of benzene rings is 1.